The van der Waals surface area contributed by atoms with Crippen LogP contribution >= 0.6 is 0 Å². The van der Waals surface area contributed by atoms with E-state index in [2.05, 4.69) is 164 Å². The normalized spacial score (nSPS) is 12.0. The molecule has 0 radical (unpaired) electrons. The fourth-order valence-corrected chi connectivity index (χ4v) is 12.2. The maximum Gasteiger partial charge on any atom is 0.416 e. The fourth-order valence-electron chi connectivity index (χ4n) is 12.2. The SMILES string of the molecule is Cc1ccccc1-c1ccc2c(c1)c1cc(-c3ccccc3C)ccc1n2-c1ccc(-c2cc(C(F)(F)F)cc(C(F)(F)F)c2)cc1-c1c(C#N)cccc1-n1c2ccc(-c3ccccc3C)cc2c2cc(-c3ccccc3C)ccc21. The van der Waals surface area contributed by atoms with Crippen LogP contribution in [0.2, 0.25) is 0 Å². The van der Waals surface area contributed by atoms with Crippen LogP contribution in [0.1, 0.15) is 38.9 Å². The largest absolute Gasteiger partial charge is 0.416 e. The van der Waals surface area contributed by atoms with E-state index in [9.17, 15) is 31.6 Å². The Balaban J connectivity index is 1.15. The van der Waals surface area contributed by atoms with E-state index in [1.807, 2.05) is 60.7 Å². The van der Waals surface area contributed by atoms with Gasteiger partial charge in [-0.2, -0.15) is 31.6 Å². The molecule has 0 fully saturated rings. The Hall–Kier alpha value is -9.91. The van der Waals surface area contributed by atoms with Gasteiger partial charge in [-0.25, -0.2) is 0 Å². The van der Waals surface area contributed by atoms with Crippen LogP contribution in [-0.4, -0.2) is 9.13 Å². The molecule has 2 heterocycles. The second-order valence-corrected chi connectivity index (χ2v) is 21.2. The number of fused-ring (bicyclic) bond motifs is 6. The maximum absolute atomic E-state index is 14.7. The number of hydrogen-bond donors (Lipinski definition) is 0. The maximum atomic E-state index is 14.7. The first-order chi connectivity index (χ1) is 39.5. The third-order valence-corrected chi connectivity index (χ3v) is 16.2. The van der Waals surface area contributed by atoms with Gasteiger partial charge in [0, 0.05) is 32.7 Å². The first-order valence-electron chi connectivity index (χ1n) is 26.9. The zero-order valence-corrected chi connectivity index (χ0v) is 45.0. The zero-order valence-electron chi connectivity index (χ0n) is 45.0. The topological polar surface area (TPSA) is 33.6 Å². The number of benzene rings is 11. The van der Waals surface area contributed by atoms with Gasteiger partial charge in [0.05, 0.1) is 56.2 Å². The Labute approximate surface area is 469 Å². The predicted molar refractivity (Wildman–Crippen MR) is 321 cm³/mol. The van der Waals surface area contributed by atoms with Crippen molar-refractivity contribution >= 4 is 43.6 Å². The summed E-state index contributed by atoms with van der Waals surface area (Å²) in [6.07, 6.45) is -10.2. The van der Waals surface area contributed by atoms with E-state index >= 15 is 0 Å². The van der Waals surface area contributed by atoms with E-state index in [0.29, 0.717) is 22.5 Å². The summed E-state index contributed by atoms with van der Waals surface area (Å²) >= 11 is 0. The van der Waals surface area contributed by atoms with Gasteiger partial charge in [0.25, 0.3) is 0 Å². The van der Waals surface area contributed by atoms with Crippen molar-refractivity contribution in [3.05, 3.63) is 263 Å². The number of aryl methyl sites for hydroxylation is 4. The van der Waals surface area contributed by atoms with Crippen molar-refractivity contribution in [1.82, 2.24) is 9.13 Å². The number of aromatic nitrogens is 2. The molecule has 13 rings (SSSR count). The lowest BCUT2D eigenvalue weighted by Crippen LogP contribution is -2.11. The van der Waals surface area contributed by atoms with E-state index in [-0.39, 0.29) is 22.8 Å². The lowest BCUT2D eigenvalue weighted by Gasteiger charge is -2.21. The van der Waals surface area contributed by atoms with Gasteiger partial charge in [0.2, 0.25) is 0 Å². The minimum atomic E-state index is -5.09. The molecule has 0 unspecified atom stereocenters. The second kappa shape index (κ2) is 19.7. The number of nitriles is 1. The summed E-state index contributed by atoms with van der Waals surface area (Å²) in [5.41, 5.74) is 15.0. The summed E-state index contributed by atoms with van der Waals surface area (Å²) in [7, 11) is 0. The molecule has 0 amide bonds. The van der Waals surface area contributed by atoms with Gasteiger partial charge in [0.1, 0.15) is 0 Å². The molecular weight excluding hydrogens is 1030 g/mol. The molecule has 0 bridgehead atoms. The smallest absolute Gasteiger partial charge is 0.309 e. The van der Waals surface area contributed by atoms with Gasteiger partial charge < -0.3 is 9.13 Å². The molecule has 0 N–H and O–H groups in total. The average molecular weight is 1080 g/mol. The molecule has 0 saturated heterocycles. The van der Waals surface area contributed by atoms with Crippen LogP contribution in [0.15, 0.2) is 224 Å². The highest BCUT2D eigenvalue weighted by molar-refractivity contribution is 6.14. The molecule has 0 aliphatic carbocycles. The standard InChI is InChI=1S/C73H49F6N3/c1-43-14-5-9-19-56(43)48-25-30-65-60(37-48)61-38-49(57-20-10-6-15-44(57)2)26-31-66(61)81(65)69-29-24-47(53-34-54(72(74,75)76)41-55(35-53)73(77,78)79)36-64(69)71-52(42-80)18-13-23-70(71)82-67-32-27-50(58-21-11-7-16-45(58)3)39-62(67)63-40-51(28-33-68(63)82)59-22-12-8-17-46(59)4/h5-41H,1-4H3. The average Bonchev–Trinajstić information content (AvgIpc) is 1.98. The molecule has 2 aromatic heterocycles. The van der Waals surface area contributed by atoms with Crippen molar-refractivity contribution < 1.29 is 26.3 Å². The number of nitrogens with zero attached hydrogens (tertiary/aromatic N) is 3. The summed E-state index contributed by atoms with van der Waals surface area (Å²) < 4.78 is 92.4. The molecule has 0 saturated carbocycles. The van der Waals surface area contributed by atoms with Gasteiger partial charge >= 0.3 is 12.4 Å². The highest BCUT2D eigenvalue weighted by Gasteiger charge is 2.37. The summed E-state index contributed by atoms with van der Waals surface area (Å²) in [5, 5.41) is 15.1. The number of halogens is 6. The number of hydrogen-bond acceptors (Lipinski definition) is 1. The number of alkyl halides is 6. The quantitative estimate of drug-likeness (QED) is 0.140. The van der Waals surface area contributed by atoms with Crippen LogP contribution in [0, 0.1) is 39.0 Å². The van der Waals surface area contributed by atoms with E-state index in [1.54, 1.807) is 24.3 Å². The van der Waals surface area contributed by atoms with Gasteiger partial charge in [0.15, 0.2) is 0 Å². The third kappa shape index (κ3) is 8.79. The Morgan fingerprint density at radius 2 is 0.671 bits per heavy atom. The lowest BCUT2D eigenvalue weighted by atomic mass is 9.91. The highest BCUT2D eigenvalue weighted by atomic mass is 19.4. The summed E-state index contributed by atoms with van der Waals surface area (Å²) in [6.45, 7) is 8.31. The summed E-state index contributed by atoms with van der Waals surface area (Å²) in [6, 6.07) is 72.7. The van der Waals surface area contributed by atoms with Crippen LogP contribution in [-0.2, 0) is 12.4 Å². The molecule has 13 aromatic rings. The van der Waals surface area contributed by atoms with Crippen molar-refractivity contribution in [2.24, 2.45) is 0 Å². The van der Waals surface area contributed by atoms with Crippen molar-refractivity contribution in [3.8, 4) is 84.2 Å². The highest BCUT2D eigenvalue weighted by Crippen LogP contribution is 2.47. The Kier molecular flexibility index (Phi) is 12.4. The molecule has 398 valence electrons. The van der Waals surface area contributed by atoms with Crippen molar-refractivity contribution in [3.63, 3.8) is 0 Å². The monoisotopic (exact) mass is 1080 g/mol. The van der Waals surface area contributed by atoms with Crippen LogP contribution in [0.5, 0.6) is 0 Å². The van der Waals surface area contributed by atoms with Gasteiger partial charge in [-0.05, 0) is 197 Å². The Morgan fingerprint density at radius 3 is 1.02 bits per heavy atom. The van der Waals surface area contributed by atoms with Crippen molar-refractivity contribution in [1.29, 1.82) is 5.26 Å². The molecule has 0 aliphatic rings. The number of rotatable bonds is 8. The minimum Gasteiger partial charge on any atom is -0.309 e. The molecule has 0 spiro atoms. The minimum absolute atomic E-state index is 0.0893. The molecule has 0 aliphatic heterocycles. The lowest BCUT2D eigenvalue weighted by molar-refractivity contribution is -0.143. The van der Waals surface area contributed by atoms with E-state index in [0.717, 1.165) is 123 Å². The van der Waals surface area contributed by atoms with Crippen LogP contribution < -0.4 is 0 Å². The molecule has 0 atom stereocenters. The first-order valence-corrected chi connectivity index (χ1v) is 26.9. The van der Waals surface area contributed by atoms with E-state index in [1.165, 1.54) is 0 Å². The van der Waals surface area contributed by atoms with Gasteiger partial charge in [-0.15, -0.1) is 0 Å². The zero-order chi connectivity index (χ0) is 56.8. The van der Waals surface area contributed by atoms with E-state index in [4.69, 9.17) is 0 Å². The second-order valence-electron chi connectivity index (χ2n) is 21.2. The van der Waals surface area contributed by atoms with Crippen LogP contribution in [0.3, 0.4) is 0 Å². The molecular formula is C73H49F6N3. The van der Waals surface area contributed by atoms with Gasteiger partial charge in [-0.1, -0.05) is 133 Å². The van der Waals surface area contributed by atoms with Crippen LogP contribution in [0.4, 0.5) is 26.3 Å². The summed E-state index contributed by atoms with van der Waals surface area (Å²) in [4.78, 5) is 0. The van der Waals surface area contributed by atoms with E-state index < -0.39 is 23.5 Å². The van der Waals surface area contributed by atoms with Crippen molar-refractivity contribution in [2.45, 2.75) is 40.0 Å². The Bertz CT molecular complexity index is 4560. The van der Waals surface area contributed by atoms with Gasteiger partial charge in [-0.3, -0.25) is 0 Å². The molecule has 9 heteroatoms. The third-order valence-electron chi connectivity index (χ3n) is 16.2. The summed E-state index contributed by atoms with van der Waals surface area (Å²) in [5.74, 6) is 0. The first kappa shape index (κ1) is 51.5. The van der Waals surface area contributed by atoms with Crippen LogP contribution in [0.25, 0.3) is 122 Å². The molecule has 3 nitrogen and oxygen atoms in total. The van der Waals surface area contributed by atoms with Crippen molar-refractivity contribution in [2.75, 3.05) is 0 Å². The molecule has 11 aromatic carbocycles. The Morgan fingerprint density at radius 1 is 0.317 bits per heavy atom. The fraction of sp³-hybridized carbons (Fsp3) is 0.0822. The molecule has 82 heavy (non-hydrogen) atoms. The predicted octanol–water partition coefficient (Wildman–Crippen LogP) is 21.0.